The average molecular weight is 287 g/mol. The first-order valence-corrected chi connectivity index (χ1v) is 6.78. The Morgan fingerprint density at radius 3 is 2.85 bits per heavy atom. The molecule has 0 saturated carbocycles. The summed E-state index contributed by atoms with van der Waals surface area (Å²) in [5.74, 6) is 0.648. The van der Waals surface area contributed by atoms with E-state index in [0.29, 0.717) is 22.4 Å². The molecule has 0 radical (unpaired) electrons. The minimum absolute atomic E-state index is 0.536. The number of rotatable bonds is 3. The average Bonchev–Trinajstić information content (AvgIpc) is 2.80. The molecule has 0 fully saturated rings. The van der Waals surface area contributed by atoms with Crippen molar-refractivity contribution in [1.82, 2.24) is 15.0 Å². The smallest absolute Gasteiger partial charge is 0.263 e. The van der Waals surface area contributed by atoms with Gasteiger partial charge in [0.05, 0.1) is 0 Å². The number of benzene rings is 1. The Bertz CT molecular complexity index is 755. The summed E-state index contributed by atoms with van der Waals surface area (Å²) in [6.07, 6.45) is 1.71. The van der Waals surface area contributed by atoms with Crippen LogP contribution in [0, 0.1) is 0 Å². The van der Waals surface area contributed by atoms with E-state index in [1.165, 1.54) is 11.8 Å². The van der Waals surface area contributed by atoms with Gasteiger partial charge in [-0.15, -0.1) is 0 Å². The molecule has 0 spiro atoms. The zero-order valence-electron chi connectivity index (χ0n) is 11.1. The molecular formula is C13H13N5OS. The van der Waals surface area contributed by atoms with Gasteiger partial charge in [0, 0.05) is 26.0 Å². The molecule has 7 heteroatoms. The molecule has 2 aromatic heterocycles. The summed E-state index contributed by atoms with van der Waals surface area (Å²) in [4.78, 5) is 14.8. The highest BCUT2D eigenvalue weighted by Gasteiger charge is 2.10. The fourth-order valence-corrected chi connectivity index (χ4v) is 2.37. The van der Waals surface area contributed by atoms with E-state index in [2.05, 4.69) is 15.0 Å². The number of hydrogen-bond acceptors (Lipinski definition) is 7. The highest BCUT2D eigenvalue weighted by Crippen LogP contribution is 2.29. The van der Waals surface area contributed by atoms with Crippen molar-refractivity contribution in [3.63, 3.8) is 0 Å². The molecule has 1 aromatic carbocycles. The molecule has 102 valence electrons. The van der Waals surface area contributed by atoms with E-state index in [-0.39, 0.29) is 0 Å². The molecule has 6 nitrogen and oxygen atoms in total. The summed E-state index contributed by atoms with van der Waals surface area (Å²) in [5, 5.41) is 1.32. The monoisotopic (exact) mass is 287 g/mol. The van der Waals surface area contributed by atoms with E-state index in [1.54, 1.807) is 18.3 Å². The minimum Gasteiger partial charge on any atom is -0.431 e. The van der Waals surface area contributed by atoms with Gasteiger partial charge in [0.2, 0.25) is 5.95 Å². The predicted octanol–water partition coefficient (Wildman–Crippen LogP) is 2.42. The summed E-state index contributed by atoms with van der Waals surface area (Å²) in [6.45, 7) is 0. The topological polar surface area (TPSA) is 81.1 Å². The van der Waals surface area contributed by atoms with Crippen LogP contribution in [0.1, 0.15) is 0 Å². The van der Waals surface area contributed by atoms with Gasteiger partial charge in [-0.25, -0.2) is 15.0 Å². The van der Waals surface area contributed by atoms with E-state index in [1.807, 2.05) is 31.1 Å². The number of nitrogen functional groups attached to an aromatic ring is 1. The Morgan fingerprint density at radius 2 is 2.05 bits per heavy atom. The van der Waals surface area contributed by atoms with Crippen molar-refractivity contribution < 1.29 is 4.42 Å². The van der Waals surface area contributed by atoms with E-state index in [4.69, 9.17) is 10.2 Å². The molecule has 3 aromatic rings. The standard InChI is InChI=1S/C13H13N5OS/c1-18(2)12-15-6-5-11(17-12)20-13-16-9-7-8(14)3-4-10(9)19-13/h3-7H,14H2,1-2H3. The molecule has 0 aliphatic rings. The number of nitrogens with zero attached hydrogens (tertiary/aromatic N) is 4. The number of fused-ring (bicyclic) bond motifs is 1. The lowest BCUT2D eigenvalue weighted by Gasteiger charge is -2.09. The van der Waals surface area contributed by atoms with Crippen LogP contribution in [-0.2, 0) is 0 Å². The van der Waals surface area contributed by atoms with Crippen molar-refractivity contribution in [2.75, 3.05) is 24.7 Å². The van der Waals surface area contributed by atoms with Crippen molar-refractivity contribution in [3.05, 3.63) is 30.5 Å². The molecule has 0 unspecified atom stereocenters. The zero-order chi connectivity index (χ0) is 14.1. The largest absolute Gasteiger partial charge is 0.431 e. The van der Waals surface area contributed by atoms with E-state index in [9.17, 15) is 0 Å². The third-order valence-corrected chi connectivity index (χ3v) is 3.39. The summed E-state index contributed by atoms with van der Waals surface area (Å²) in [5.41, 5.74) is 7.85. The lowest BCUT2D eigenvalue weighted by molar-refractivity contribution is 0.489. The molecule has 0 saturated heterocycles. The van der Waals surface area contributed by atoms with E-state index >= 15 is 0 Å². The van der Waals surface area contributed by atoms with Crippen LogP contribution in [0.3, 0.4) is 0 Å². The van der Waals surface area contributed by atoms with Gasteiger partial charge < -0.3 is 15.1 Å². The van der Waals surface area contributed by atoms with Crippen molar-refractivity contribution in [3.8, 4) is 0 Å². The lowest BCUT2D eigenvalue weighted by atomic mass is 10.3. The Balaban J connectivity index is 1.90. The molecule has 2 N–H and O–H groups in total. The van der Waals surface area contributed by atoms with Crippen LogP contribution in [0.2, 0.25) is 0 Å². The third kappa shape index (κ3) is 2.53. The molecule has 3 rings (SSSR count). The Morgan fingerprint density at radius 1 is 1.20 bits per heavy atom. The first-order valence-electron chi connectivity index (χ1n) is 5.96. The van der Waals surface area contributed by atoms with Crippen molar-refractivity contribution in [2.24, 2.45) is 0 Å². The second kappa shape index (κ2) is 5.01. The second-order valence-electron chi connectivity index (χ2n) is 4.40. The van der Waals surface area contributed by atoms with E-state index < -0.39 is 0 Å². The second-order valence-corrected chi connectivity index (χ2v) is 5.37. The first-order chi connectivity index (χ1) is 9.61. The maximum atomic E-state index is 5.72. The molecule has 0 bridgehead atoms. The molecule has 0 aliphatic carbocycles. The van der Waals surface area contributed by atoms with Gasteiger partial charge in [-0.2, -0.15) is 0 Å². The number of anilines is 2. The molecule has 2 heterocycles. The summed E-state index contributed by atoms with van der Waals surface area (Å²) in [7, 11) is 3.79. The SMILES string of the molecule is CN(C)c1nccc(Sc2nc3cc(N)ccc3o2)n1. The number of aromatic nitrogens is 3. The highest BCUT2D eigenvalue weighted by molar-refractivity contribution is 7.99. The molecule has 0 amide bonds. The van der Waals surface area contributed by atoms with Crippen LogP contribution in [0.4, 0.5) is 11.6 Å². The normalized spacial score (nSPS) is 10.9. The molecule has 20 heavy (non-hydrogen) atoms. The fraction of sp³-hybridized carbons (Fsp3) is 0.154. The van der Waals surface area contributed by atoms with Crippen LogP contribution in [0.25, 0.3) is 11.1 Å². The lowest BCUT2D eigenvalue weighted by Crippen LogP contribution is -2.12. The highest BCUT2D eigenvalue weighted by atomic mass is 32.2. The number of oxazole rings is 1. The summed E-state index contributed by atoms with van der Waals surface area (Å²) in [6, 6.07) is 7.21. The number of nitrogens with two attached hydrogens (primary N) is 1. The number of hydrogen-bond donors (Lipinski definition) is 1. The van der Waals surface area contributed by atoms with Crippen LogP contribution in [0.5, 0.6) is 0 Å². The Labute approximate surface area is 120 Å². The summed E-state index contributed by atoms with van der Waals surface area (Å²) >= 11 is 1.35. The maximum Gasteiger partial charge on any atom is 0.263 e. The van der Waals surface area contributed by atoms with Gasteiger partial charge in [0.25, 0.3) is 5.22 Å². The Hall–Kier alpha value is -2.28. The maximum absolute atomic E-state index is 5.72. The van der Waals surface area contributed by atoms with Gasteiger partial charge in [-0.1, -0.05) is 0 Å². The van der Waals surface area contributed by atoms with Gasteiger partial charge in [-0.05, 0) is 36.0 Å². The molecule has 0 atom stereocenters. The van der Waals surface area contributed by atoms with Crippen molar-refractivity contribution in [1.29, 1.82) is 0 Å². The zero-order valence-corrected chi connectivity index (χ0v) is 11.9. The summed E-state index contributed by atoms with van der Waals surface area (Å²) < 4.78 is 5.65. The van der Waals surface area contributed by atoms with Gasteiger partial charge in [0.15, 0.2) is 5.58 Å². The van der Waals surface area contributed by atoms with Crippen LogP contribution >= 0.6 is 11.8 Å². The van der Waals surface area contributed by atoms with Gasteiger partial charge >= 0.3 is 0 Å². The van der Waals surface area contributed by atoms with Crippen molar-refractivity contribution in [2.45, 2.75) is 10.2 Å². The van der Waals surface area contributed by atoms with E-state index in [0.717, 1.165) is 10.5 Å². The molecular weight excluding hydrogens is 274 g/mol. The van der Waals surface area contributed by atoms with Crippen molar-refractivity contribution >= 4 is 34.5 Å². The van der Waals surface area contributed by atoms with Crippen LogP contribution in [-0.4, -0.2) is 29.0 Å². The molecule has 0 aliphatic heterocycles. The van der Waals surface area contributed by atoms with Crippen LogP contribution in [0.15, 0.2) is 45.1 Å². The Kier molecular flexibility index (Phi) is 3.19. The van der Waals surface area contributed by atoms with Gasteiger partial charge in [-0.3, -0.25) is 0 Å². The minimum atomic E-state index is 0.536. The first kappa shape index (κ1) is 12.7. The van der Waals surface area contributed by atoms with Gasteiger partial charge in [0.1, 0.15) is 10.5 Å². The fourth-order valence-electron chi connectivity index (χ4n) is 1.66. The predicted molar refractivity (Wildman–Crippen MR) is 78.9 cm³/mol. The third-order valence-electron chi connectivity index (χ3n) is 2.60. The van der Waals surface area contributed by atoms with Crippen LogP contribution < -0.4 is 10.6 Å². The quantitative estimate of drug-likeness (QED) is 0.585.